The summed E-state index contributed by atoms with van der Waals surface area (Å²) < 4.78 is 16.2. The summed E-state index contributed by atoms with van der Waals surface area (Å²) in [6.07, 6.45) is 3.82. The predicted molar refractivity (Wildman–Crippen MR) is 102 cm³/mol. The van der Waals surface area contributed by atoms with Crippen LogP contribution in [0.4, 0.5) is 5.69 Å². The maximum Gasteiger partial charge on any atom is 0.256 e. The average Bonchev–Trinajstić information content (AvgIpc) is 2.57. The number of methoxy groups -OCH3 is 1. The lowest BCUT2D eigenvalue weighted by molar-refractivity contribution is -0.139. The number of rotatable bonds is 12. The maximum atomic E-state index is 12.7. The monoisotopic (exact) mass is 371 g/mol. The van der Waals surface area contributed by atoms with Crippen LogP contribution in [0.5, 0.6) is 5.75 Å². The van der Waals surface area contributed by atoms with Gasteiger partial charge in [-0.1, -0.05) is 37.8 Å². The normalized spacial score (nSPS) is 13.3. The van der Waals surface area contributed by atoms with Crippen LogP contribution in [0.1, 0.15) is 46.5 Å². The molecule has 0 saturated heterocycles. The van der Waals surface area contributed by atoms with Crippen LogP contribution in [-0.4, -0.2) is 38.4 Å². The number of halogens is 1. The molecule has 0 radical (unpaired) electrons. The first-order valence-corrected chi connectivity index (χ1v) is 9.21. The van der Waals surface area contributed by atoms with Gasteiger partial charge in [-0.2, -0.15) is 0 Å². The molecular weight excluding hydrogens is 342 g/mol. The molecule has 1 aromatic carbocycles. The van der Waals surface area contributed by atoms with Crippen molar-refractivity contribution < 1.29 is 19.0 Å². The molecule has 1 rings (SSSR count). The Morgan fingerprint density at radius 1 is 1.24 bits per heavy atom. The van der Waals surface area contributed by atoms with E-state index in [1.54, 1.807) is 25.3 Å². The van der Waals surface area contributed by atoms with E-state index < -0.39 is 5.60 Å². The molecule has 1 amide bonds. The largest absolute Gasteiger partial charge is 0.490 e. The fourth-order valence-electron chi connectivity index (χ4n) is 2.48. The second-order valence-corrected chi connectivity index (χ2v) is 6.47. The summed E-state index contributed by atoms with van der Waals surface area (Å²) in [4.78, 5) is 12.7. The fourth-order valence-corrected chi connectivity index (χ4v) is 2.71. The van der Waals surface area contributed by atoms with Gasteiger partial charge in [0.15, 0.2) is 0 Å². The highest BCUT2D eigenvalue weighted by Gasteiger charge is 2.33. The van der Waals surface area contributed by atoms with E-state index in [1.807, 2.05) is 13.8 Å². The Morgan fingerprint density at radius 2 is 2.00 bits per heavy atom. The van der Waals surface area contributed by atoms with Crippen LogP contribution >= 0.6 is 11.6 Å². The van der Waals surface area contributed by atoms with Crippen molar-refractivity contribution in [3.05, 3.63) is 23.2 Å². The molecule has 0 saturated carbocycles. The van der Waals surface area contributed by atoms with Crippen LogP contribution in [0.25, 0.3) is 0 Å². The number of unbranched alkanes of at least 4 members (excludes halogenated alkanes) is 2. The number of hydrogen-bond acceptors (Lipinski definition) is 4. The number of hydrogen-bond donors (Lipinski definition) is 1. The predicted octanol–water partition coefficient (Wildman–Crippen LogP) is 4.68. The first-order chi connectivity index (χ1) is 12.0. The Bertz CT molecular complexity index is 538. The van der Waals surface area contributed by atoms with Gasteiger partial charge in [-0.25, -0.2) is 0 Å². The summed E-state index contributed by atoms with van der Waals surface area (Å²) in [6.45, 7) is 7.26. The van der Waals surface area contributed by atoms with Gasteiger partial charge in [0, 0.05) is 19.4 Å². The Hall–Kier alpha value is -1.30. The van der Waals surface area contributed by atoms with Crippen molar-refractivity contribution in [3.8, 4) is 5.75 Å². The zero-order valence-electron chi connectivity index (χ0n) is 15.7. The molecule has 0 aliphatic heterocycles. The van der Waals surface area contributed by atoms with E-state index in [4.69, 9.17) is 25.8 Å². The highest BCUT2D eigenvalue weighted by molar-refractivity contribution is 6.32. The van der Waals surface area contributed by atoms with Crippen LogP contribution in [-0.2, 0) is 14.3 Å². The number of nitrogens with one attached hydrogen (secondary N) is 1. The third-order valence-corrected chi connectivity index (χ3v) is 4.23. The summed E-state index contributed by atoms with van der Waals surface area (Å²) in [7, 11) is 1.61. The summed E-state index contributed by atoms with van der Waals surface area (Å²) in [5.74, 6) is 0.404. The lowest BCUT2D eigenvalue weighted by atomic mass is 9.96. The molecule has 6 heteroatoms. The molecular formula is C19H30ClNO4. The molecule has 25 heavy (non-hydrogen) atoms. The van der Waals surface area contributed by atoms with Crippen molar-refractivity contribution in [2.75, 3.05) is 32.2 Å². The van der Waals surface area contributed by atoms with Crippen LogP contribution in [0.3, 0.4) is 0 Å². The Labute approximate surface area is 156 Å². The smallest absolute Gasteiger partial charge is 0.256 e. The lowest BCUT2D eigenvalue weighted by Crippen LogP contribution is -2.42. The highest BCUT2D eigenvalue weighted by atomic mass is 35.5. The van der Waals surface area contributed by atoms with E-state index in [9.17, 15) is 4.79 Å². The van der Waals surface area contributed by atoms with Crippen LogP contribution in [0.2, 0.25) is 5.02 Å². The van der Waals surface area contributed by atoms with E-state index in [0.717, 1.165) is 19.3 Å². The number of benzene rings is 1. The van der Waals surface area contributed by atoms with Crippen molar-refractivity contribution >= 4 is 23.2 Å². The molecule has 0 heterocycles. The van der Waals surface area contributed by atoms with E-state index >= 15 is 0 Å². The van der Waals surface area contributed by atoms with Crippen molar-refractivity contribution in [2.24, 2.45) is 0 Å². The lowest BCUT2D eigenvalue weighted by Gasteiger charge is -2.28. The fraction of sp³-hybridized carbons (Fsp3) is 0.632. The average molecular weight is 372 g/mol. The Kier molecular flexibility index (Phi) is 9.86. The zero-order chi connectivity index (χ0) is 18.7. The second kappa shape index (κ2) is 11.3. The highest BCUT2D eigenvalue weighted by Crippen LogP contribution is 2.29. The third-order valence-electron chi connectivity index (χ3n) is 3.94. The van der Waals surface area contributed by atoms with Crippen molar-refractivity contribution in [1.29, 1.82) is 0 Å². The molecule has 0 aliphatic carbocycles. The summed E-state index contributed by atoms with van der Waals surface area (Å²) in [5.41, 5.74) is -0.222. The topological polar surface area (TPSA) is 56.8 Å². The van der Waals surface area contributed by atoms with Gasteiger partial charge < -0.3 is 19.5 Å². The van der Waals surface area contributed by atoms with E-state index in [2.05, 4.69) is 12.2 Å². The van der Waals surface area contributed by atoms with E-state index in [0.29, 0.717) is 42.7 Å². The minimum atomic E-state index is -0.843. The van der Waals surface area contributed by atoms with Crippen LogP contribution in [0, 0.1) is 0 Å². The molecule has 0 spiro atoms. The molecule has 5 nitrogen and oxygen atoms in total. The van der Waals surface area contributed by atoms with E-state index in [1.165, 1.54) is 0 Å². The maximum absolute atomic E-state index is 12.7. The number of amides is 1. The minimum Gasteiger partial charge on any atom is -0.490 e. The first kappa shape index (κ1) is 21.7. The van der Waals surface area contributed by atoms with Gasteiger partial charge >= 0.3 is 0 Å². The minimum absolute atomic E-state index is 0.158. The second-order valence-electron chi connectivity index (χ2n) is 6.06. The van der Waals surface area contributed by atoms with E-state index in [-0.39, 0.29) is 5.91 Å². The molecule has 1 unspecified atom stereocenters. The molecule has 0 fully saturated rings. The summed E-state index contributed by atoms with van der Waals surface area (Å²) in [6, 6.07) is 5.19. The van der Waals surface area contributed by atoms with Crippen molar-refractivity contribution in [2.45, 2.75) is 52.1 Å². The van der Waals surface area contributed by atoms with Crippen molar-refractivity contribution in [3.63, 3.8) is 0 Å². The Balaban J connectivity index is 2.74. The number of carbonyl (C=O) groups excluding carboxylic acids is 1. The third kappa shape index (κ3) is 7.22. The van der Waals surface area contributed by atoms with Crippen molar-refractivity contribution in [1.82, 2.24) is 0 Å². The summed E-state index contributed by atoms with van der Waals surface area (Å²) >= 11 is 6.22. The van der Waals surface area contributed by atoms with Crippen LogP contribution < -0.4 is 10.1 Å². The van der Waals surface area contributed by atoms with Gasteiger partial charge in [0.1, 0.15) is 18.0 Å². The van der Waals surface area contributed by atoms with Gasteiger partial charge in [-0.3, -0.25) is 4.79 Å². The van der Waals surface area contributed by atoms with Gasteiger partial charge in [0.25, 0.3) is 5.91 Å². The Morgan fingerprint density at radius 3 is 2.60 bits per heavy atom. The number of ether oxygens (including phenoxy) is 3. The van der Waals surface area contributed by atoms with Crippen LogP contribution in [0.15, 0.2) is 18.2 Å². The molecule has 0 aromatic heterocycles. The molecule has 1 aromatic rings. The SMILES string of the molecule is CCCCCC(C)(OCC)C(=O)Nc1ccc(OCCOC)c(Cl)c1. The molecule has 0 bridgehead atoms. The standard InChI is InChI=1S/C19H30ClNO4/c1-5-7-8-11-19(3,25-6-2)18(22)21-15-9-10-17(16(20)14-15)24-13-12-23-4/h9-10,14H,5-8,11-13H2,1-4H3,(H,21,22). The van der Waals surface area contributed by atoms with Gasteiger partial charge in [-0.05, 0) is 38.5 Å². The van der Waals surface area contributed by atoms with Gasteiger partial charge in [0.2, 0.25) is 0 Å². The summed E-state index contributed by atoms with van der Waals surface area (Å²) in [5, 5.41) is 3.34. The first-order valence-electron chi connectivity index (χ1n) is 8.83. The number of anilines is 1. The number of carbonyl (C=O) groups is 1. The molecule has 1 N–H and O–H groups in total. The van der Waals surface area contributed by atoms with Gasteiger partial charge in [-0.15, -0.1) is 0 Å². The molecule has 142 valence electrons. The van der Waals surface area contributed by atoms with Gasteiger partial charge in [0.05, 0.1) is 11.6 Å². The zero-order valence-corrected chi connectivity index (χ0v) is 16.4. The molecule has 0 aliphatic rings. The quantitative estimate of drug-likeness (QED) is 0.542. The molecule has 1 atom stereocenters.